The van der Waals surface area contributed by atoms with E-state index < -0.39 is 78.7 Å². The largest absolute Gasteiger partial charge is 0.465 e. The van der Waals surface area contributed by atoms with Crippen LogP contribution in [0.25, 0.3) is 0 Å². The Balaban J connectivity index is 2.83. The Morgan fingerprint density at radius 1 is 0.729 bits per heavy atom. The van der Waals surface area contributed by atoms with Crippen molar-refractivity contribution in [1.82, 2.24) is 0 Å². The monoisotopic (exact) mass is 752 g/mol. The molecule has 272 valence electrons. The van der Waals surface area contributed by atoms with Crippen molar-refractivity contribution in [1.29, 1.82) is 0 Å². The predicted molar refractivity (Wildman–Crippen MR) is 173 cm³/mol. The van der Waals surface area contributed by atoms with Crippen LogP contribution in [0.15, 0.2) is 30.3 Å². The number of hydrogen-bond acceptors (Lipinski definition) is 10. The van der Waals surface area contributed by atoms with Crippen LogP contribution in [-0.2, 0) is 47.7 Å². The molecule has 0 amide bonds. The van der Waals surface area contributed by atoms with Crippen molar-refractivity contribution in [2.75, 3.05) is 19.8 Å². The molecule has 10 nitrogen and oxygen atoms in total. The maximum absolute atomic E-state index is 13.3. The van der Waals surface area contributed by atoms with Gasteiger partial charge in [0.05, 0.1) is 12.0 Å². The summed E-state index contributed by atoms with van der Waals surface area (Å²) in [6.07, 6.45) is -4.41. The Kier molecular flexibility index (Phi) is 18.2. The first-order chi connectivity index (χ1) is 22.3. The van der Waals surface area contributed by atoms with Gasteiger partial charge in [0.2, 0.25) is 0 Å². The first-order valence-corrected chi connectivity index (χ1v) is 16.8. The lowest BCUT2D eigenvalue weighted by Crippen LogP contribution is -2.43. The molecule has 0 aliphatic rings. The number of rotatable bonds is 21. The normalized spacial score (nSPS) is 14.9. The maximum atomic E-state index is 13.3. The van der Waals surface area contributed by atoms with Gasteiger partial charge in [0.15, 0.2) is 12.2 Å². The number of halogens is 4. The Morgan fingerprint density at radius 2 is 1.27 bits per heavy atom. The minimum absolute atomic E-state index is 0.00520. The van der Waals surface area contributed by atoms with E-state index in [0.717, 1.165) is 12.5 Å². The molecule has 14 heteroatoms. The van der Waals surface area contributed by atoms with Gasteiger partial charge in [0.1, 0.15) is 18.6 Å². The smallest absolute Gasteiger partial charge is 0.389 e. The summed E-state index contributed by atoms with van der Waals surface area (Å²) in [6, 6.07) is 9.49. The number of carbonyl (C=O) groups is 5. The Morgan fingerprint density at radius 3 is 1.85 bits per heavy atom. The fourth-order valence-electron chi connectivity index (χ4n) is 4.33. The average Bonchev–Trinajstić information content (AvgIpc) is 3.00. The van der Waals surface area contributed by atoms with Crippen molar-refractivity contribution in [2.45, 2.75) is 116 Å². The van der Waals surface area contributed by atoms with E-state index in [1.165, 1.54) is 20.8 Å². The van der Waals surface area contributed by atoms with Gasteiger partial charge in [-0.25, -0.2) is 9.59 Å². The number of ether oxygens (including phenoxy) is 5. The molecule has 0 N–H and O–H groups in total. The van der Waals surface area contributed by atoms with Crippen molar-refractivity contribution in [2.24, 2.45) is 10.8 Å². The van der Waals surface area contributed by atoms with Crippen molar-refractivity contribution in [3.63, 3.8) is 0 Å². The van der Waals surface area contributed by atoms with E-state index in [2.05, 4.69) is 15.9 Å². The molecular formula is C34H48BrF3O10. The van der Waals surface area contributed by atoms with E-state index in [0.29, 0.717) is 38.5 Å². The average molecular weight is 754 g/mol. The van der Waals surface area contributed by atoms with Gasteiger partial charge in [-0.05, 0) is 59.4 Å². The highest BCUT2D eigenvalue weighted by molar-refractivity contribution is 9.09. The van der Waals surface area contributed by atoms with Crippen LogP contribution >= 0.6 is 15.9 Å². The van der Waals surface area contributed by atoms with Gasteiger partial charge in [-0.1, -0.05) is 71.9 Å². The van der Waals surface area contributed by atoms with Crippen molar-refractivity contribution >= 4 is 45.8 Å². The zero-order valence-electron chi connectivity index (χ0n) is 28.5. The molecule has 0 aliphatic carbocycles. The third-order valence-corrected chi connectivity index (χ3v) is 8.19. The summed E-state index contributed by atoms with van der Waals surface area (Å²) in [6.45, 7) is 7.37. The van der Waals surface area contributed by atoms with Crippen LogP contribution in [0.5, 0.6) is 0 Å². The second kappa shape index (κ2) is 20.4. The zero-order chi connectivity index (χ0) is 36.5. The van der Waals surface area contributed by atoms with Crippen LogP contribution in [0, 0.1) is 10.8 Å². The van der Waals surface area contributed by atoms with Gasteiger partial charge >= 0.3 is 36.0 Å². The summed E-state index contributed by atoms with van der Waals surface area (Å²) in [5, 5.41) is 0. The second-order valence-corrected chi connectivity index (χ2v) is 13.8. The van der Waals surface area contributed by atoms with E-state index >= 15 is 0 Å². The fourth-order valence-corrected chi connectivity index (χ4v) is 5.44. The van der Waals surface area contributed by atoms with Crippen LogP contribution in [0.3, 0.4) is 0 Å². The molecule has 4 atom stereocenters. The van der Waals surface area contributed by atoms with Crippen LogP contribution in [0.4, 0.5) is 13.2 Å². The molecule has 48 heavy (non-hydrogen) atoms. The van der Waals surface area contributed by atoms with Gasteiger partial charge in [-0.2, -0.15) is 13.2 Å². The van der Waals surface area contributed by atoms with Crippen molar-refractivity contribution in [3.05, 3.63) is 35.9 Å². The Hall–Kier alpha value is -3.16. The first-order valence-electron chi connectivity index (χ1n) is 15.9. The highest BCUT2D eigenvalue weighted by atomic mass is 79.9. The Bertz CT molecular complexity index is 1190. The Labute approximate surface area is 288 Å². The highest BCUT2D eigenvalue weighted by Gasteiger charge is 2.41. The lowest BCUT2D eigenvalue weighted by Gasteiger charge is -2.30. The van der Waals surface area contributed by atoms with E-state index in [1.54, 1.807) is 13.8 Å². The summed E-state index contributed by atoms with van der Waals surface area (Å²) >= 11 is 3.62. The molecule has 0 saturated carbocycles. The van der Waals surface area contributed by atoms with Gasteiger partial charge in [0.25, 0.3) is 0 Å². The van der Waals surface area contributed by atoms with Gasteiger partial charge in [0, 0.05) is 18.2 Å². The molecule has 0 aromatic heterocycles. The van der Waals surface area contributed by atoms with Crippen LogP contribution in [0.2, 0.25) is 0 Å². The maximum Gasteiger partial charge on any atom is 0.389 e. The summed E-state index contributed by atoms with van der Waals surface area (Å²) in [5.41, 5.74) is -1.65. The molecular weight excluding hydrogens is 705 g/mol. The van der Waals surface area contributed by atoms with Crippen LogP contribution < -0.4 is 0 Å². The van der Waals surface area contributed by atoms with E-state index in [1.807, 2.05) is 30.3 Å². The number of carbonyl (C=O) groups excluding carboxylic acids is 5. The third-order valence-electron chi connectivity index (χ3n) is 7.34. The SMILES string of the molecule is CC(=O)OC(C)C(=O)OC(C)C(=O)OCC(C)(COC(=O)C(C)(C)CC(Br)c1ccccc1)C(=O)OCCCCCCCCC(F)(F)F. The molecule has 1 rings (SSSR count). The second-order valence-electron chi connectivity index (χ2n) is 12.7. The molecule has 0 aliphatic heterocycles. The lowest BCUT2D eigenvalue weighted by molar-refractivity contribution is -0.182. The van der Waals surface area contributed by atoms with E-state index in [9.17, 15) is 37.1 Å². The molecule has 0 radical (unpaired) electrons. The van der Waals surface area contributed by atoms with Crippen molar-refractivity contribution in [3.8, 4) is 0 Å². The molecule has 0 heterocycles. The minimum Gasteiger partial charge on any atom is -0.465 e. The number of hydrogen-bond donors (Lipinski definition) is 0. The van der Waals surface area contributed by atoms with E-state index in [-0.39, 0.29) is 17.9 Å². The predicted octanol–water partition coefficient (Wildman–Crippen LogP) is 7.35. The molecule has 4 unspecified atom stereocenters. The highest BCUT2D eigenvalue weighted by Crippen LogP contribution is 2.37. The molecule has 0 fully saturated rings. The summed E-state index contributed by atoms with van der Waals surface area (Å²) in [4.78, 5) is 62.2. The fraction of sp³-hybridized carbons (Fsp3) is 0.676. The van der Waals surface area contributed by atoms with Gasteiger partial charge < -0.3 is 23.7 Å². The number of alkyl halides is 4. The first kappa shape index (κ1) is 42.9. The molecule has 0 bridgehead atoms. The minimum atomic E-state index is -4.16. The quantitative estimate of drug-likeness (QED) is 0.0544. The van der Waals surface area contributed by atoms with Gasteiger partial charge in [-0.3, -0.25) is 14.4 Å². The number of esters is 5. The number of benzene rings is 1. The van der Waals surface area contributed by atoms with Crippen LogP contribution in [-0.4, -0.2) is 68.1 Å². The summed E-state index contributed by atoms with van der Waals surface area (Å²) in [7, 11) is 0. The van der Waals surface area contributed by atoms with Gasteiger partial charge in [-0.15, -0.1) is 0 Å². The van der Waals surface area contributed by atoms with E-state index in [4.69, 9.17) is 23.7 Å². The lowest BCUT2D eigenvalue weighted by atomic mass is 9.86. The summed E-state index contributed by atoms with van der Waals surface area (Å²) < 4.78 is 62.9. The molecule has 0 saturated heterocycles. The third kappa shape index (κ3) is 16.8. The molecule has 0 spiro atoms. The topological polar surface area (TPSA) is 132 Å². The number of unbranched alkanes of at least 4 members (excludes halogenated alkanes) is 5. The van der Waals surface area contributed by atoms with Crippen LogP contribution in [0.1, 0.15) is 103 Å². The zero-order valence-corrected chi connectivity index (χ0v) is 30.1. The molecule has 1 aromatic rings. The molecule has 1 aromatic carbocycles. The standard InChI is InChI=1S/C34H48BrF3O10/c1-23(48-29(41)24(2)47-25(3)39)28(40)45-21-33(6,31(43)44-19-15-10-8-7-9-14-18-34(36,37)38)22-46-30(42)32(4,5)20-27(35)26-16-12-11-13-17-26/h11-13,16-17,23-24,27H,7-10,14-15,18-22H2,1-6H3. The summed E-state index contributed by atoms with van der Waals surface area (Å²) in [5.74, 6) is -4.09. The van der Waals surface area contributed by atoms with Crippen molar-refractivity contribution < 1.29 is 60.8 Å².